The zero-order chi connectivity index (χ0) is 19.2. The van der Waals surface area contributed by atoms with Crippen LogP contribution in [0.1, 0.15) is 34.0 Å². The number of aromatic nitrogens is 2. The minimum Gasteiger partial charge on any atom is -0.383 e. The molecule has 1 unspecified atom stereocenters. The van der Waals surface area contributed by atoms with Gasteiger partial charge in [0.1, 0.15) is 0 Å². The van der Waals surface area contributed by atoms with Gasteiger partial charge in [-0.1, -0.05) is 0 Å². The Morgan fingerprint density at radius 3 is 3.04 bits per heavy atom. The number of likely N-dealkylation sites (tertiary alicyclic amines) is 1. The molecular formula is C19H27N5O2S. The van der Waals surface area contributed by atoms with Crippen LogP contribution < -0.4 is 10.2 Å². The van der Waals surface area contributed by atoms with E-state index < -0.39 is 0 Å². The Hall–Kier alpha value is -2.03. The molecule has 1 aliphatic rings. The summed E-state index contributed by atoms with van der Waals surface area (Å²) in [7, 11) is 5.44. The van der Waals surface area contributed by atoms with Crippen molar-refractivity contribution in [2.45, 2.75) is 18.9 Å². The second-order valence-corrected chi connectivity index (χ2v) is 7.74. The van der Waals surface area contributed by atoms with Gasteiger partial charge >= 0.3 is 0 Å². The van der Waals surface area contributed by atoms with Crippen LogP contribution in [-0.2, 0) is 11.3 Å². The standard InChI is InChI=1S/C19H27N5O2S/c1-23(2)19-21-10-16(18(25)20-6-8-26-3)17(22-19)15-4-7-24(12-15)11-14-5-9-27-13-14/h5,9-10,13,15H,4,6-8,11-12H2,1-3H3,(H,20,25). The topological polar surface area (TPSA) is 70.6 Å². The van der Waals surface area contributed by atoms with Gasteiger partial charge in [0.15, 0.2) is 0 Å². The van der Waals surface area contributed by atoms with Crippen molar-refractivity contribution >= 4 is 23.2 Å². The van der Waals surface area contributed by atoms with Crippen molar-refractivity contribution in [3.05, 3.63) is 39.8 Å². The number of nitrogens with one attached hydrogen (secondary N) is 1. The highest BCUT2D eigenvalue weighted by Crippen LogP contribution is 2.30. The number of ether oxygens (including phenoxy) is 1. The quantitative estimate of drug-likeness (QED) is 0.696. The fourth-order valence-corrected chi connectivity index (χ4v) is 3.95. The summed E-state index contributed by atoms with van der Waals surface area (Å²) in [4.78, 5) is 26.0. The maximum atomic E-state index is 12.6. The van der Waals surface area contributed by atoms with Crippen molar-refractivity contribution in [3.63, 3.8) is 0 Å². The second kappa shape index (κ2) is 9.25. The molecule has 1 N–H and O–H groups in total. The van der Waals surface area contributed by atoms with E-state index in [0.717, 1.165) is 31.7 Å². The molecule has 2 aromatic rings. The van der Waals surface area contributed by atoms with Crippen LogP contribution in [0.25, 0.3) is 0 Å². The maximum Gasteiger partial charge on any atom is 0.254 e. The number of anilines is 1. The molecular weight excluding hydrogens is 362 g/mol. The fourth-order valence-electron chi connectivity index (χ4n) is 3.29. The molecule has 0 spiro atoms. The molecule has 1 aliphatic heterocycles. The zero-order valence-electron chi connectivity index (χ0n) is 16.1. The van der Waals surface area contributed by atoms with Crippen LogP contribution in [0.3, 0.4) is 0 Å². The van der Waals surface area contributed by atoms with Crippen LogP contribution in [0.2, 0.25) is 0 Å². The summed E-state index contributed by atoms with van der Waals surface area (Å²) in [5, 5.41) is 7.19. The predicted octanol–water partition coefficient (Wildman–Crippen LogP) is 1.97. The van der Waals surface area contributed by atoms with Crippen LogP contribution in [0.5, 0.6) is 0 Å². The summed E-state index contributed by atoms with van der Waals surface area (Å²) in [5.74, 6) is 0.729. The summed E-state index contributed by atoms with van der Waals surface area (Å²) >= 11 is 1.73. The minimum atomic E-state index is -0.136. The molecule has 0 aromatic carbocycles. The molecule has 8 heteroatoms. The van der Waals surface area contributed by atoms with E-state index in [9.17, 15) is 4.79 Å². The first kappa shape index (κ1) is 19.7. The summed E-state index contributed by atoms with van der Waals surface area (Å²) in [6, 6.07) is 2.17. The molecule has 1 atom stereocenters. The summed E-state index contributed by atoms with van der Waals surface area (Å²) in [6.07, 6.45) is 2.65. The van der Waals surface area contributed by atoms with Crippen LogP contribution in [-0.4, -0.2) is 68.2 Å². The van der Waals surface area contributed by atoms with E-state index in [0.29, 0.717) is 24.7 Å². The first-order chi connectivity index (χ1) is 13.1. The molecule has 1 amide bonds. The Balaban J connectivity index is 1.77. The Morgan fingerprint density at radius 2 is 2.33 bits per heavy atom. The molecule has 0 aliphatic carbocycles. The molecule has 27 heavy (non-hydrogen) atoms. The van der Waals surface area contributed by atoms with Crippen LogP contribution in [0.15, 0.2) is 23.0 Å². The highest BCUT2D eigenvalue weighted by molar-refractivity contribution is 7.07. The van der Waals surface area contributed by atoms with E-state index in [1.54, 1.807) is 24.6 Å². The predicted molar refractivity (Wildman–Crippen MR) is 108 cm³/mol. The van der Waals surface area contributed by atoms with E-state index in [-0.39, 0.29) is 11.8 Å². The smallest absolute Gasteiger partial charge is 0.254 e. The largest absolute Gasteiger partial charge is 0.383 e. The summed E-state index contributed by atoms with van der Waals surface area (Å²) in [6.45, 7) is 3.81. The van der Waals surface area contributed by atoms with Crippen LogP contribution in [0, 0.1) is 0 Å². The average molecular weight is 390 g/mol. The summed E-state index contributed by atoms with van der Waals surface area (Å²) in [5.41, 5.74) is 2.75. The number of hydrogen-bond acceptors (Lipinski definition) is 7. The van der Waals surface area contributed by atoms with E-state index in [1.807, 2.05) is 19.0 Å². The van der Waals surface area contributed by atoms with Crippen molar-refractivity contribution < 1.29 is 9.53 Å². The van der Waals surface area contributed by atoms with Gasteiger partial charge in [0.25, 0.3) is 5.91 Å². The number of amides is 1. The van der Waals surface area contributed by atoms with E-state index in [1.165, 1.54) is 5.56 Å². The van der Waals surface area contributed by atoms with Crippen molar-refractivity contribution in [3.8, 4) is 0 Å². The zero-order valence-corrected chi connectivity index (χ0v) is 17.0. The Kier molecular flexibility index (Phi) is 6.76. The highest BCUT2D eigenvalue weighted by atomic mass is 32.1. The number of hydrogen-bond donors (Lipinski definition) is 1. The lowest BCUT2D eigenvalue weighted by atomic mass is 9.99. The molecule has 7 nitrogen and oxygen atoms in total. The molecule has 1 fully saturated rings. The van der Waals surface area contributed by atoms with Gasteiger partial charge in [0.2, 0.25) is 5.95 Å². The minimum absolute atomic E-state index is 0.136. The number of nitrogens with zero attached hydrogens (tertiary/aromatic N) is 4. The number of rotatable bonds is 8. The molecule has 0 bridgehead atoms. The lowest BCUT2D eigenvalue weighted by Crippen LogP contribution is -2.29. The van der Waals surface area contributed by atoms with Crippen LogP contribution >= 0.6 is 11.3 Å². The third-order valence-electron chi connectivity index (χ3n) is 4.69. The van der Waals surface area contributed by atoms with Gasteiger partial charge in [-0.05, 0) is 35.4 Å². The van der Waals surface area contributed by atoms with Gasteiger partial charge in [-0.15, -0.1) is 0 Å². The van der Waals surface area contributed by atoms with Gasteiger partial charge in [-0.25, -0.2) is 9.97 Å². The molecule has 3 heterocycles. The summed E-state index contributed by atoms with van der Waals surface area (Å²) < 4.78 is 5.01. The third kappa shape index (κ3) is 5.03. The van der Waals surface area contributed by atoms with Gasteiger partial charge in [0.05, 0.1) is 17.9 Å². The molecule has 146 valence electrons. The monoisotopic (exact) mass is 389 g/mol. The fraction of sp³-hybridized carbons (Fsp3) is 0.526. The SMILES string of the molecule is COCCNC(=O)c1cnc(N(C)C)nc1C1CCN(Cc2ccsc2)C1. The molecule has 3 rings (SSSR count). The third-order valence-corrected chi connectivity index (χ3v) is 5.42. The van der Waals surface area contributed by atoms with Gasteiger partial charge < -0.3 is 15.0 Å². The van der Waals surface area contributed by atoms with E-state index in [4.69, 9.17) is 9.72 Å². The first-order valence-corrected chi connectivity index (χ1v) is 10.1. The maximum absolute atomic E-state index is 12.6. The Labute approximate surface area is 164 Å². The van der Waals surface area contributed by atoms with Gasteiger partial charge in [-0.2, -0.15) is 11.3 Å². The molecule has 0 saturated carbocycles. The highest BCUT2D eigenvalue weighted by Gasteiger charge is 2.29. The van der Waals surface area contributed by atoms with E-state index in [2.05, 4.69) is 32.0 Å². The second-order valence-electron chi connectivity index (χ2n) is 6.96. The molecule has 0 radical (unpaired) electrons. The first-order valence-electron chi connectivity index (χ1n) is 9.13. The average Bonchev–Trinajstić information content (AvgIpc) is 3.34. The number of methoxy groups -OCH3 is 1. The van der Waals surface area contributed by atoms with Crippen molar-refractivity contribution in [2.24, 2.45) is 0 Å². The van der Waals surface area contributed by atoms with Gasteiger partial charge in [-0.3, -0.25) is 9.69 Å². The van der Waals surface area contributed by atoms with Crippen LogP contribution in [0.4, 0.5) is 5.95 Å². The number of thiophene rings is 1. The molecule has 1 saturated heterocycles. The number of carbonyl (C=O) groups excluding carboxylic acids is 1. The van der Waals surface area contributed by atoms with Gasteiger partial charge in [0, 0.05) is 53.0 Å². The normalized spacial score (nSPS) is 17.2. The van der Waals surface area contributed by atoms with Crippen molar-refractivity contribution in [1.82, 2.24) is 20.2 Å². The van der Waals surface area contributed by atoms with Crippen molar-refractivity contribution in [1.29, 1.82) is 0 Å². The Morgan fingerprint density at radius 1 is 1.48 bits per heavy atom. The van der Waals surface area contributed by atoms with E-state index >= 15 is 0 Å². The lowest BCUT2D eigenvalue weighted by Gasteiger charge is -2.19. The Bertz CT molecular complexity index is 751. The lowest BCUT2D eigenvalue weighted by molar-refractivity contribution is 0.0934. The molecule has 2 aromatic heterocycles. The van der Waals surface area contributed by atoms with Crippen molar-refractivity contribution in [2.75, 3.05) is 52.3 Å². The number of carbonyl (C=O) groups is 1.